The Morgan fingerprint density at radius 3 is 2.25 bits per heavy atom. The number of benzene rings is 1. The highest BCUT2D eigenvalue weighted by Crippen LogP contribution is 2.37. The fourth-order valence-corrected chi connectivity index (χ4v) is 10.1. The zero-order valence-electron chi connectivity index (χ0n) is 35.1. The minimum absolute atomic E-state index is 0.0168. The molecular formula is C44H52FN11O5. The molecule has 4 aliphatic heterocycles. The maximum Gasteiger partial charge on any atom is 0.270 e. The lowest BCUT2D eigenvalue weighted by Crippen LogP contribution is -2.58. The van der Waals surface area contributed by atoms with Gasteiger partial charge >= 0.3 is 0 Å². The highest BCUT2D eigenvalue weighted by molar-refractivity contribution is 6.23. The number of rotatable bonds is 9. The molecule has 61 heavy (non-hydrogen) atoms. The van der Waals surface area contributed by atoms with Crippen molar-refractivity contribution in [2.75, 3.05) is 61.9 Å². The first kappa shape index (κ1) is 40.4. The number of amides is 5. The van der Waals surface area contributed by atoms with E-state index in [0.717, 1.165) is 85.8 Å². The van der Waals surface area contributed by atoms with Crippen LogP contribution < -0.4 is 20.4 Å². The fourth-order valence-electron chi connectivity index (χ4n) is 10.1. The average Bonchev–Trinajstić information content (AvgIpc) is 3.96. The van der Waals surface area contributed by atoms with Crippen molar-refractivity contribution in [2.45, 2.75) is 89.4 Å². The molecule has 1 aliphatic carbocycles. The van der Waals surface area contributed by atoms with Crippen molar-refractivity contribution in [1.82, 2.24) is 39.5 Å². The van der Waals surface area contributed by atoms with Crippen LogP contribution in [0.5, 0.6) is 0 Å². The van der Waals surface area contributed by atoms with Crippen LogP contribution in [0.1, 0.15) is 102 Å². The molecule has 0 bridgehead atoms. The molecule has 0 radical (unpaired) electrons. The number of pyridine rings is 1. The lowest BCUT2D eigenvalue weighted by molar-refractivity contribution is -0.136. The van der Waals surface area contributed by atoms with Gasteiger partial charge in [0.2, 0.25) is 17.8 Å². The van der Waals surface area contributed by atoms with E-state index in [4.69, 9.17) is 9.97 Å². The van der Waals surface area contributed by atoms with Crippen LogP contribution in [0.15, 0.2) is 42.7 Å². The summed E-state index contributed by atoms with van der Waals surface area (Å²) in [5, 5.41) is 6.31. The third-order valence-corrected chi connectivity index (χ3v) is 13.3. The molecule has 2 N–H and O–H groups in total. The van der Waals surface area contributed by atoms with Crippen molar-refractivity contribution in [1.29, 1.82) is 0 Å². The lowest BCUT2D eigenvalue weighted by Gasteiger charge is -2.47. The molecule has 1 aromatic carbocycles. The number of imide groups is 2. The molecule has 1 saturated carbocycles. The lowest BCUT2D eigenvalue weighted by atomic mass is 9.93. The molecule has 320 valence electrons. The summed E-state index contributed by atoms with van der Waals surface area (Å²) in [4.78, 5) is 87.4. The van der Waals surface area contributed by atoms with E-state index in [9.17, 15) is 24.0 Å². The van der Waals surface area contributed by atoms with E-state index in [1.807, 2.05) is 23.2 Å². The number of aromatic nitrogens is 4. The Labute approximate surface area is 353 Å². The van der Waals surface area contributed by atoms with Gasteiger partial charge < -0.3 is 24.6 Å². The first-order valence-corrected chi connectivity index (χ1v) is 21.5. The highest BCUT2D eigenvalue weighted by atomic mass is 19.1. The van der Waals surface area contributed by atoms with Gasteiger partial charge in [0.1, 0.15) is 29.0 Å². The van der Waals surface area contributed by atoms with E-state index in [0.29, 0.717) is 36.5 Å². The number of halogens is 1. The van der Waals surface area contributed by atoms with Crippen molar-refractivity contribution < 1.29 is 28.4 Å². The first-order valence-electron chi connectivity index (χ1n) is 21.5. The van der Waals surface area contributed by atoms with Crippen molar-refractivity contribution in [3.05, 3.63) is 65.4 Å². The van der Waals surface area contributed by atoms with E-state index in [1.54, 1.807) is 25.2 Å². The SMILES string of the molecule is CC1CN(c2cc3c(cc2F)C(=O)N(C2CCC(=O)NC2=O)C3=O)CC(C)N1CC1CCN(c2ccc(Nc3ncc4cc(C(=O)N(C)C)n(C5CCCC5)c4n3)nc2)CC1. The summed E-state index contributed by atoms with van der Waals surface area (Å²) in [5.41, 5.74) is 2.73. The summed E-state index contributed by atoms with van der Waals surface area (Å²) in [7, 11) is 3.54. The number of hydrogen-bond acceptors (Lipinski definition) is 12. The van der Waals surface area contributed by atoms with Gasteiger partial charge in [-0.05, 0) is 82.2 Å². The minimum atomic E-state index is -1.10. The summed E-state index contributed by atoms with van der Waals surface area (Å²) in [6.07, 6.45) is 10.1. The predicted molar refractivity (Wildman–Crippen MR) is 226 cm³/mol. The van der Waals surface area contributed by atoms with E-state index in [1.165, 1.54) is 6.07 Å². The molecule has 5 amide bonds. The molecule has 3 atom stereocenters. The van der Waals surface area contributed by atoms with Crippen LogP contribution in [0.25, 0.3) is 11.0 Å². The number of fused-ring (bicyclic) bond motifs is 2. The third kappa shape index (κ3) is 7.57. The topological polar surface area (TPSA) is 169 Å². The number of carbonyl (C=O) groups is 5. The molecule has 5 aliphatic rings. The molecule has 17 heteroatoms. The molecule has 0 spiro atoms. The number of carbonyl (C=O) groups excluding carboxylic acids is 5. The summed E-state index contributed by atoms with van der Waals surface area (Å²) in [5.74, 6) is -1.58. The second-order valence-corrected chi connectivity index (χ2v) is 17.6. The number of piperidine rings is 2. The second-order valence-electron chi connectivity index (χ2n) is 17.6. The zero-order chi connectivity index (χ0) is 42.7. The molecule has 3 unspecified atom stereocenters. The Kier molecular flexibility index (Phi) is 10.7. The van der Waals surface area contributed by atoms with Crippen molar-refractivity contribution in [3.8, 4) is 0 Å². The normalized spacial score (nSPS) is 23.0. The Morgan fingerprint density at radius 1 is 0.885 bits per heavy atom. The van der Waals surface area contributed by atoms with E-state index < -0.39 is 35.5 Å². The van der Waals surface area contributed by atoms with E-state index in [2.05, 4.69) is 49.9 Å². The highest BCUT2D eigenvalue weighted by Gasteiger charge is 2.46. The molecule has 4 fully saturated rings. The molecule has 7 heterocycles. The largest absolute Gasteiger partial charge is 0.370 e. The Morgan fingerprint density at radius 2 is 1.59 bits per heavy atom. The van der Waals surface area contributed by atoms with Crippen molar-refractivity contribution in [3.63, 3.8) is 0 Å². The van der Waals surface area contributed by atoms with Crippen LogP contribution in [0.4, 0.5) is 27.5 Å². The van der Waals surface area contributed by atoms with E-state index >= 15 is 4.39 Å². The van der Waals surface area contributed by atoms with Crippen LogP contribution in [-0.4, -0.2) is 129 Å². The number of piperazine rings is 1. The minimum Gasteiger partial charge on any atom is -0.370 e. The summed E-state index contributed by atoms with van der Waals surface area (Å²) < 4.78 is 17.8. The maximum atomic E-state index is 15.7. The van der Waals surface area contributed by atoms with Crippen LogP contribution in [-0.2, 0) is 9.59 Å². The van der Waals surface area contributed by atoms with Crippen LogP contribution in [0.2, 0.25) is 0 Å². The number of nitrogens with one attached hydrogen (secondary N) is 2. The van der Waals surface area contributed by atoms with Gasteiger partial charge in [-0.15, -0.1) is 0 Å². The fraction of sp³-hybridized carbons (Fsp3) is 0.500. The third-order valence-electron chi connectivity index (χ3n) is 13.3. The van der Waals surface area contributed by atoms with Crippen LogP contribution >= 0.6 is 0 Å². The van der Waals surface area contributed by atoms with Crippen LogP contribution in [0.3, 0.4) is 0 Å². The average molecular weight is 834 g/mol. The monoisotopic (exact) mass is 833 g/mol. The van der Waals surface area contributed by atoms with E-state index in [-0.39, 0.29) is 53.7 Å². The molecule has 4 aromatic rings. The molecular weight excluding hydrogens is 782 g/mol. The molecule has 3 saturated heterocycles. The second kappa shape index (κ2) is 16.1. The smallest absolute Gasteiger partial charge is 0.270 e. The van der Waals surface area contributed by atoms with Crippen molar-refractivity contribution >= 4 is 63.7 Å². The summed E-state index contributed by atoms with van der Waals surface area (Å²) in [6, 6.07) is 7.82. The van der Waals surface area contributed by atoms with Gasteiger partial charge in [-0.2, -0.15) is 4.98 Å². The Balaban J connectivity index is 0.798. The predicted octanol–water partition coefficient (Wildman–Crippen LogP) is 4.74. The Bertz CT molecular complexity index is 2390. The number of nitrogens with zero attached hydrogens (tertiary/aromatic N) is 9. The number of hydrogen-bond donors (Lipinski definition) is 2. The number of anilines is 4. The molecule has 16 nitrogen and oxygen atoms in total. The van der Waals surface area contributed by atoms with Gasteiger partial charge in [-0.1, -0.05) is 12.8 Å². The Hall–Kier alpha value is -5.97. The van der Waals surface area contributed by atoms with Gasteiger partial charge in [-0.25, -0.2) is 14.4 Å². The van der Waals surface area contributed by atoms with Gasteiger partial charge in [0.15, 0.2) is 0 Å². The molecule has 3 aromatic heterocycles. The van der Waals surface area contributed by atoms with Gasteiger partial charge in [0, 0.05) is 82.9 Å². The van der Waals surface area contributed by atoms with Gasteiger partial charge in [0.25, 0.3) is 17.7 Å². The summed E-state index contributed by atoms with van der Waals surface area (Å²) in [6.45, 7) is 8.10. The van der Waals surface area contributed by atoms with Gasteiger partial charge in [-0.3, -0.25) is 39.1 Å². The summed E-state index contributed by atoms with van der Waals surface area (Å²) >= 11 is 0. The first-order chi connectivity index (χ1) is 29.3. The maximum absolute atomic E-state index is 15.7. The quantitative estimate of drug-likeness (QED) is 0.223. The molecule has 9 rings (SSSR count). The zero-order valence-corrected chi connectivity index (χ0v) is 35.1. The standard InChI is InChI=1S/C44H52FN11O5/c1-25-22-53(35-19-32-31(18-33(35)45)41(59)56(42(32)60)34-10-12-38(57)49-40(34)58)23-26(2)54(25)24-27-13-15-52(16-14-27)30-9-11-37(46-21-30)48-44-47-20-28-17-36(43(61)51(3)4)55(39(28)50-44)29-7-5-6-8-29/h9,11,17-21,25-27,29,34H,5-8,10,12-16,22-24H2,1-4H3,(H,49,57,58)(H,46,47,48,50). The van der Waals surface area contributed by atoms with Crippen LogP contribution in [0, 0.1) is 11.7 Å². The van der Waals surface area contributed by atoms with Gasteiger partial charge in [0.05, 0.1) is 28.7 Å². The van der Waals surface area contributed by atoms with Crippen molar-refractivity contribution in [2.24, 2.45) is 5.92 Å².